The van der Waals surface area contributed by atoms with Gasteiger partial charge in [0.2, 0.25) is 0 Å². The third-order valence-electron chi connectivity index (χ3n) is 4.14. The first-order valence-corrected chi connectivity index (χ1v) is 8.18. The van der Waals surface area contributed by atoms with Crippen molar-refractivity contribution in [2.24, 2.45) is 7.05 Å². The predicted octanol–water partition coefficient (Wildman–Crippen LogP) is 5.01. The van der Waals surface area contributed by atoms with Gasteiger partial charge in [0.05, 0.1) is 6.54 Å². The van der Waals surface area contributed by atoms with Crippen LogP contribution in [0.4, 0.5) is 5.69 Å². The number of aromatic nitrogens is 1. The van der Waals surface area contributed by atoms with Gasteiger partial charge in [-0.25, -0.2) is 0 Å². The summed E-state index contributed by atoms with van der Waals surface area (Å²) >= 11 is 2.35. The summed E-state index contributed by atoms with van der Waals surface area (Å²) in [6, 6.07) is 15.1. The van der Waals surface area contributed by atoms with Crippen LogP contribution in [0.1, 0.15) is 16.8 Å². The Morgan fingerprint density at radius 1 is 1.10 bits per heavy atom. The van der Waals surface area contributed by atoms with Gasteiger partial charge < -0.3 is 9.88 Å². The SMILES string of the molecule is Cc1cc(I)ccc1NCc1c(C)c2ccccc2n1C. The van der Waals surface area contributed by atoms with Crippen LogP contribution in [-0.2, 0) is 13.6 Å². The first kappa shape index (κ1) is 14.4. The number of hydrogen-bond acceptors (Lipinski definition) is 1. The van der Waals surface area contributed by atoms with E-state index in [9.17, 15) is 0 Å². The second-order valence-electron chi connectivity index (χ2n) is 5.46. The van der Waals surface area contributed by atoms with E-state index in [0.717, 1.165) is 6.54 Å². The van der Waals surface area contributed by atoms with Gasteiger partial charge in [-0.2, -0.15) is 0 Å². The molecule has 108 valence electrons. The second-order valence-corrected chi connectivity index (χ2v) is 6.71. The van der Waals surface area contributed by atoms with Crippen LogP contribution in [0, 0.1) is 17.4 Å². The lowest BCUT2D eigenvalue weighted by atomic mass is 10.1. The lowest BCUT2D eigenvalue weighted by molar-refractivity contribution is 0.862. The molecule has 1 aromatic heterocycles. The molecule has 21 heavy (non-hydrogen) atoms. The Kier molecular flexibility index (Phi) is 3.93. The summed E-state index contributed by atoms with van der Waals surface area (Å²) < 4.78 is 3.57. The van der Waals surface area contributed by atoms with Gasteiger partial charge >= 0.3 is 0 Å². The molecule has 0 saturated heterocycles. The van der Waals surface area contributed by atoms with Crippen LogP contribution in [0.3, 0.4) is 0 Å². The van der Waals surface area contributed by atoms with E-state index < -0.39 is 0 Å². The minimum atomic E-state index is 0.846. The zero-order valence-electron chi connectivity index (χ0n) is 12.6. The van der Waals surface area contributed by atoms with Crippen molar-refractivity contribution in [3.63, 3.8) is 0 Å². The third-order valence-corrected chi connectivity index (χ3v) is 4.81. The number of aryl methyl sites for hydroxylation is 3. The number of nitrogens with one attached hydrogen (secondary N) is 1. The van der Waals surface area contributed by atoms with Gasteiger partial charge in [-0.05, 0) is 71.8 Å². The molecule has 0 radical (unpaired) electrons. The lowest BCUT2D eigenvalue weighted by Gasteiger charge is -2.12. The molecule has 1 N–H and O–H groups in total. The molecule has 1 heterocycles. The first-order valence-electron chi connectivity index (χ1n) is 7.11. The standard InChI is InChI=1S/C18H19IN2/c1-12-10-14(19)8-9-16(12)20-11-18-13(2)15-6-4-5-7-17(15)21(18)3/h4-10,20H,11H2,1-3H3. The molecule has 3 rings (SSSR count). The van der Waals surface area contributed by atoms with Crippen LogP contribution in [0.2, 0.25) is 0 Å². The van der Waals surface area contributed by atoms with Crippen LogP contribution in [0.25, 0.3) is 10.9 Å². The van der Waals surface area contributed by atoms with Crippen molar-refractivity contribution in [2.75, 3.05) is 5.32 Å². The molecular weight excluding hydrogens is 371 g/mol. The molecule has 0 atom stereocenters. The summed E-state index contributed by atoms with van der Waals surface area (Å²) in [7, 11) is 2.15. The smallest absolute Gasteiger partial charge is 0.0556 e. The zero-order valence-corrected chi connectivity index (χ0v) is 14.7. The molecule has 0 bridgehead atoms. The quantitative estimate of drug-likeness (QED) is 0.622. The first-order chi connectivity index (χ1) is 10.1. The average molecular weight is 390 g/mol. The summed E-state index contributed by atoms with van der Waals surface area (Å²) in [5.74, 6) is 0. The summed E-state index contributed by atoms with van der Waals surface area (Å²) in [6.07, 6.45) is 0. The molecule has 3 aromatic rings. The molecule has 0 amide bonds. The highest BCUT2D eigenvalue weighted by Gasteiger charge is 2.11. The van der Waals surface area contributed by atoms with Crippen LogP contribution in [0.15, 0.2) is 42.5 Å². The third kappa shape index (κ3) is 2.67. The highest BCUT2D eigenvalue weighted by atomic mass is 127. The van der Waals surface area contributed by atoms with Gasteiger partial charge in [-0.3, -0.25) is 0 Å². The van der Waals surface area contributed by atoms with E-state index in [1.807, 2.05) is 0 Å². The summed E-state index contributed by atoms with van der Waals surface area (Å²) in [6.45, 7) is 5.21. The Labute approximate surface area is 139 Å². The lowest BCUT2D eigenvalue weighted by Crippen LogP contribution is -2.06. The minimum absolute atomic E-state index is 0.846. The number of hydrogen-bond donors (Lipinski definition) is 1. The molecule has 2 aromatic carbocycles. The van der Waals surface area contributed by atoms with Gasteiger partial charge in [0.1, 0.15) is 0 Å². The van der Waals surface area contributed by atoms with Crippen LogP contribution >= 0.6 is 22.6 Å². The second kappa shape index (κ2) is 5.72. The van der Waals surface area contributed by atoms with E-state index in [2.05, 4.69) is 95.8 Å². The summed E-state index contributed by atoms with van der Waals surface area (Å²) in [4.78, 5) is 0. The Balaban J connectivity index is 1.92. The van der Waals surface area contributed by atoms with Crippen LogP contribution < -0.4 is 5.32 Å². The van der Waals surface area contributed by atoms with Gasteiger partial charge in [-0.15, -0.1) is 0 Å². The molecule has 0 fully saturated rings. The fourth-order valence-corrected chi connectivity index (χ4v) is 3.54. The maximum atomic E-state index is 3.57. The minimum Gasteiger partial charge on any atom is -0.379 e. The van der Waals surface area contributed by atoms with Gasteiger partial charge in [0.15, 0.2) is 0 Å². The normalized spacial score (nSPS) is 11.0. The average Bonchev–Trinajstić information content (AvgIpc) is 2.71. The van der Waals surface area contributed by atoms with Crippen LogP contribution in [-0.4, -0.2) is 4.57 Å². The van der Waals surface area contributed by atoms with E-state index in [1.54, 1.807) is 0 Å². The van der Waals surface area contributed by atoms with E-state index in [4.69, 9.17) is 0 Å². The Morgan fingerprint density at radius 3 is 2.57 bits per heavy atom. The Morgan fingerprint density at radius 2 is 1.86 bits per heavy atom. The van der Waals surface area contributed by atoms with E-state index in [-0.39, 0.29) is 0 Å². The molecular formula is C18H19IN2. The van der Waals surface area contributed by atoms with Gasteiger partial charge in [-0.1, -0.05) is 18.2 Å². The van der Waals surface area contributed by atoms with Crippen molar-refractivity contribution in [2.45, 2.75) is 20.4 Å². The number of para-hydroxylation sites is 1. The zero-order chi connectivity index (χ0) is 15.0. The van der Waals surface area contributed by atoms with Crippen molar-refractivity contribution in [1.82, 2.24) is 4.57 Å². The fraction of sp³-hybridized carbons (Fsp3) is 0.222. The number of nitrogens with zero attached hydrogens (tertiary/aromatic N) is 1. The highest BCUT2D eigenvalue weighted by molar-refractivity contribution is 14.1. The molecule has 0 aliphatic heterocycles. The summed E-state index contributed by atoms with van der Waals surface area (Å²) in [5.41, 5.74) is 6.50. The largest absolute Gasteiger partial charge is 0.379 e. The molecule has 0 saturated carbocycles. The number of halogens is 1. The maximum Gasteiger partial charge on any atom is 0.0556 e. The predicted molar refractivity (Wildman–Crippen MR) is 98.9 cm³/mol. The van der Waals surface area contributed by atoms with Crippen molar-refractivity contribution in [1.29, 1.82) is 0 Å². The molecule has 2 nitrogen and oxygen atoms in total. The number of fused-ring (bicyclic) bond motifs is 1. The summed E-state index contributed by atoms with van der Waals surface area (Å²) in [5, 5.41) is 4.92. The van der Waals surface area contributed by atoms with E-state index in [0.29, 0.717) is 0 Å². The molecule has 3 heteroatoms. The molecule has 0 spiro atoms. The highest BCUT2D eigenvalue weighted by Crippen LogP contribution is 2.26. The van der Waals surface area contributed by atoms with Crippen molar-refractivity contribution >= 4 is 39.2 Å². The van der Waals surface area contributed by atoms with Gasteiger partial charge in [0, 0.05) is 32.9 Å². The molecule has 0 aliphatic carbocycles. The molecule has 0 unspecified atom stereocenters. The van der Waals surface area contributed by atoms with Crippen molar-refractivity contribution in [3.8, 4) is 0 Å². The van der Waals surface area contributed by atoms with E-state index >= 15 is 0 Å². The number of anilines is 1. The fourth-order valence-electron chi connectivity index (χ4n) is 2.89. The number of benzene rings is 2. The number of rotatable bonds is 3. The molecule has 0 aliphatic rings. The van der Waals surface area contributed by atoms with Crippen molar-refractivity contribution < 1.29 is 0 Å². The van der Waals surface area contributed by atoms with Crippen molar-refractivity contribution in [3.05, 3.63) is 62.9 Å². The van der Waals surface area contributed by atoms with Crippen LogP contribution in [0.5, 0.6) is 0 Å². The van der Waals surface area contributed by atoms with Gasteiger partial charge in [0.25, 0.3) is 0 Å². The maximum absolute atomic E-state index is 3.57. The monoisotopic (exact) mass is 390 g/mol. The topological polar surface area (TPSA) is 17.0 Å². The van der Waals surface area contributed by atoms with E-state index in [1.165, 1.54) is 37.0 Å². The Bertz CT molecular complexity index is 763. The Hall–Kier alpha value is -1.49.